The topological polar surface area (TPSA) is 109 Å². The van der Waals surface area contributed by atoms with Crippen molar-refractivity contribution in [3.8, 4) is 0 Å². The number of hydrogen-bond donors (Lipinski definition) is 3. The second kappa shape index (κ2) is 5.26. The van der Waals surface area contributed by atoms with Crippen LogP contribution in [0.4, 0.5) is 11.4 Å². The fourth-order valence-electron chi connectivity index (χ4n) is 1.48. The van der Waals surface area contributed by atoms with E-state index in [1.165, 1.54) is 18.2 Å². The zero-order valence-corrected chi connectivity index (χ0v) is 11.0. The largest absolute Gasteiger partial charge is 0.478 e. The lowest BCUT2D eigenvalue weighted by Crippen LogP contribution is -2.21. The Balaban J connectivity index is 3.10. The minimum Gasteiger partial charge on any atom is -0.478 e. The van der Waals surface area contributed by atoms with Gasteiger partial charge in [0, 0.05) is 5.69 Å². The van der Waals surface area contributed by atoms with Crippen molar-refractivity contribution in [3.63, 3.8) is 0 Å². The van der Waals surface area contributed by atoms with E-state index in [1.807, 2.05) is 0 Å². The summed E-state index contributed by atoms with van der Waals surface area (Å²) in [6.07, 6.45) is 0. The van der Waals surface area contributed by atoms with Gasteiger partial charge in [-0.05, 0) is 24.1 Å². The standard InChI is InChI=1S/C11H16N2O4S/c1-7(2)6-18(16,17)13-10-5-8(12)3-4-9(10)11(14)15/h3-5,7,13H,6,12H2,1-2H3,(H,14,15). The minimum atomic E-state index is -3.58. The summed E-state index contributed by atoms with van der Waals surface area (Å²) >= 11 is 0. The van der Waals surface area contributed by atoms with Crippen LogP contribution in [0.25, 0.3) is 0 Å². The van der Waals surface area contributed by atoms with Gasteiger partial charge >= 0.3 is 5.97 Å². The fraction of sp³-hybridized carbons (Fsp3) is 0.364. The highest BCUT2D eigenvalue weighted by Crippen LogP contribution is 2.21. The zero-order chi connectivity index (χ0) is 13.9. The predicted octanol–water partition coefficient (Wildman–Crippen LogP) is 1.36. The summed E-state index contributed by atoms with van der Waals surface area (Å²) in [6.45, 7) is 3.52. The Morgan fingerprint density at radius 1 is 1.44 bits per heavy atom. The third-order valence-electron chi connectivity index (χ3n) is 2.09. The molecule has 0 fully saturated rings. The van der Waals surface area contributed by atoms with Crippen molar-refractivity contribution in [2.75, 3.05) is 16.2 Å². The number of sulfonamides is 1. The number of carboxylic acid groups (broad SMARTS) is 1. The molecule has 0 aliphatic rings. The lowest BCUT2D eigenvalue weighted by atomic mass is 10.1. The van der Waals surface area contributed by atoms with Gasteiger partial charge in [-0.1, -0.05) is 13.8 Å². The van der Waals surface area contributed by atoms with E-state index < -0.39 is 16.0 Å². The average molecular weight is 272 g/mol. The molecule has 0 bridgehead atoms. The Kier molecular flexibility index (Phi) is 4.18. The average Bonchev–Trinajstić information content (AvgIpc) is 2.13. The first-order valence-electron chi connectivity index (χ1n) is 5.34. The van der Waals surface area contributed by atoms with E-state index in [4.69, 9.17) is 10.8 Å². The fourth-order valence-corrected chi connectivity index (χ4v) is 2.95. The zero-order valence-electron chi connectivity index (χ0n) is 10.2. The molecule has 100 valence electrons. The van der Waals surface area contributed by atoms with Gasteiger partial charge in [0.2, 0.25) is 10.0 Å². The highest BCUT2D eigenvalue weighted by atomic mass is 32.2. The van der Waals surface area contributed by atoms with Crippen molar-refractivity contribution in [2.45, 2.75) is 13.8 Å². The van der Waals surface area contributed by atoms with E-state index in [1.54, 1.807) is 13.8 Å². The Morgan fingerprint density at radius 2 is 2.06 bits per heavy atom. The van der Waals surface area contributed by atoms with Crippen LogP contribution in [0.5, 0.6) is 0 Å². The maximum Gasteiger partial charge on any atom is 0.337 e. The number of benzene rings is 1. The van der Waals surface area contributed by atoms with Crippen LogP contribution >= 0.6 is 0 Å². The molecule has 0 radical (unpaired) electrons. The van der Waals surface area contributed by atoms with Crippen LogP contribution in [0, 0.1) is 5.92 Å². The first kappa shape index (κ1) is 14.3. The van der Waals surface area contributed by atoms with Gasteiger partial charge in [0.15, 0.2) is 0 Å². The van der Waals surface area contributed by atoms with Crippen molar-refractivity contribution < 1.29 is 18.3 Å². The van der Waals surface area contributed by atoms with Crippen LogP contribution in [0.15, 0.2) is 18.2 Å². The Morgan fingerprint density at radius 3 is 2.56 bits per heavy atom. The van der Waals surface area contributed by atoms with Crippen LogP contribution in [-0.4, -0.2) is 25.2 Å². The second-order valence-corrected chi connectivity index (χ2v) is 6.15. The SMILES string of the molecule is CC(C)CS(=O)(=O)Nc1cc(N)ccc1C(=O)O. The first-order valence-corrected chi connectivity index (χ1v) is 7.00. The van der Waals surface area contributed by atoms with Gasteiger partial charge < -0.3 is 10.8 Å². The van der Waals surface area contributed by atoms with E-state index in [-0.39, 0.29) is 22.9 Å². The minimum absolute atomic E-state index is 0.0110. The number of nitrogen functional groups attached to an aromatic ring is 1. The quantitative estimate of drug-likeness (QED) is 0.701. The second-order valence-electron chi connectivity index (χ2n) is 4.39. The molecule has 4 N–H and O–H groups in total. The van der Waals surface area contributed by atoms with E-state index in [2.05, 4.69) is 4.72 Å². The third-order valence-corrected chi connectivity index (χ3v) is 3.73. The predicted molar refractivity (Wildman–Crippen MR) is 70.1 cm³/mol. The molecule has 0 unspecified atom stereocenters. The van der Waals surface area contributed by atoms with Gasteiger partial charge in [-0.15, -0.1) is 0 Å². The van der Waals surface area contributed by atoms with Crippen molar-refractivity contribution in [3.05, 3.63) is 23.8 Å². The molecule has 0 atom stereocenters. The smallest absolute Gasteiger partial charge is 0.337 e. The van der Waals surface area contributed by atoms with Crippen molar-refractivity contribution >= 4 is 27.4 Å². The summed E-state index contributed by atoms with van der Waals surface area (Å²) in [7, 11) is -3.58. The molecule has 1 rings (SSSR count). The maximum atomic E-state index is 11.8. The van der Waals surface area contributed by atoms with Crippen LogP contribution in [0.2, 0.25) is 0 Å². The summed E-state index contributed by atoms with van der Waals surface area (Å²) in [5.41, 5.74) is 5.67. The molecule has 0 saturated heterocycles. The van der Waals surface area contributed by atoms with Crippen molar-refractivity contribution in [2.24, 2.45) is 5.92 Å². The lowest BCUT2D eigenvalue weighted by molar-refractivity contribution is 0.0698. The van der Waals surface area contributed by atoms with Crippen molar-refractivity contribution in [1.29, 1.82) is 0 Å². The van der Waals surface area contributed by atoms with E-state index in [0.717, 1.165) is 0 Å². The van der Waals surface area contributed by atoms with Crippen LogP contribution in [0.1, 0.15) is 24.2 Å². The van der Waals surface area contributed by atoms with Crippen molar-refractivity contribution in [1.82, 2.24) is 0 Å². The highest BCUT2D eigenvalue weighted by molar-refractivity contribution is 7.92. The molecule has 1 aromatic carbocycles. The van der Waals surface area contributed by atoms with Gasteiger partial charge in [-0.2, -0.15) is 0 Å². The number of nitrogens with one attached hydrogen (secondary N) is 1. The summed E-state index contributed by atoms with van der Waals surface area (Å²) in [6, 6.07) is 3.97. The highest BCUT2D eigenvalue weighted by Gasteiger charge is 2.17. The summed E-state index contributed by atoms with van der Waals surface area (Å²) in [4.78, 5) is 11.0. The molecular weight excluding hydrogens is 256 g/mol. The number of hydrogen-bond acceptors (Lipinski definition) is 4. The van der Waals surface area contributed by atoms with Crippen LogP contribution < -0.4 is 10.5 Å². The molecular formula is C11H16N2O4S. The molecule has 0 aromatic heterocycles. The van der Waals surface area contributed by atoms with Gasteiger partial charge in [0.05, 0.1) is 17.0 Å². The molecule has 0 heterocycles. The van der Waals surface area contributed by atoms with Gasteiger partial charge in [0.25, 0.3) is 0 Å². The maximum absolute atomic E-state index is 11.8. The molecule has 0 amide bonds. The molecule has 1 aromatic rings. The van der Waals surface area contributed by atoms with Gasteiger partial charge in [0.1, 0.15) is 0 Å². The molecule has 0 aliphatic carbocycles. The Bertz CT molecular complexity index is 552. The number of nitrogens with two attached hydrogens (primary N) is 1. The molecule has 0 spiro atoms. The van der Waals surface area contributed by atoms with Gasteiger partial charge in [-0.3, -0.25) is 4.72 Å². The monoisotopic (exact) mass is 272 g/mol. The molecule has 18 heavy (non-hydrogen) atoms. The molecule has 7 heteroatoms. The number of carbonyl (C=O) groups is 1. The summed E-state index contributed by atoms with van der Waals surface area (Å²) in [5, 5.41) is 8.96. The van der Waals surface area contributed by atoms with E-state index in [9.17, 15) is 13.2 Å². The molecule has 0 saturated carbocycles. The number of aromatic carboxylic acids is 1. The summed E-state index contributed by atoms with van der Waals surface area (Å²) in [5.74, 6) is -1.35. The van der Waals surface area contributed by atoms with E-state index in [0.29, 0.717) is 5.69 Å². The normalized spacial score (nSPS) is 11.5. The molecule has 6 nitrogen and oxygen atoms in total. The lowest BCUT2D eigenvalue weighted by Gasteiger charge is -2.12. The number of anilines is 2. The van der Waals surface area contributed by atoms with E-state index >= 15 is 0 Å². The Hall–Kier alpha value is -1.76. The van der Waals surface area contributed by atoms with Crippen LogP contribution in [-0.2, 0) is 10.0 Å². The number of carboxylic acids is 1. The van der Waals surface area contributed by atoms with Gasteiger partial charge in [-0.25, -0.2) is 13.2 Å². The first-order chi connectivity index (χ1) is 8.21. The van der Waals surface area contributed by atoms with Crippen LogP contribution in [0.3, 0.4) is 0 Å². The summed E-state index contributed by atoms with van der Waals surface area (Å²) < 4.78 is 25.8. The third kappa shape index (κ3) is 3.92. The molecule has 0 aliphatic heterocycles. The Labute approximate surface area is 106 Å². The number of rotatable bonds is 5.